The standard InChI is InChI=1S/C14H10N4S/c1-10-13(18-6-7-19-14(18)17-10)8-11(9-15)12-4-2-3-5-16-12/h2-8H,1H3/b11-8-. The van der Waals surface area contributed by atoms with E-state index in [0.717, 1.165) is 16.3 Å². The number of hydrogen-bond acceptors (Lipinski definition) is 4. The lowest BCUT2D eigenvalue weighted by Gasteiger charge is -1.98. The van der Waals surface area contributed by atoms with Crippen LogP contribution in [0, 0.1) is 18.3 Å². The molecule has 0 aliphatic rings. The van der Waals surface area contributed by atoms with Crippen molar-refractivity contribution in [2.24, 2.45) is 0 Å². The molecular formula is C14H10N4S. The van der Waals surface area contributed by atoms with Crippen molar-refractivity contribution in [1.29, 1.82) is 5.26 Å². The van der Waals surface area contributed by atoms with Gasteiger partial charge in [-0.1, -0.05) is 6.07 Å². The molecule has 0 aliphatic heterocycles. The fourth-order valence-electron chi connectivity index (χ4n) is 1.91. The van der Waals surface area contributed by atoms with E-state index in [0.29, 0.717) is 11.3 Å². The van der Waals surface area contributed by atoms with Gasteiger partial charge >= 0.3 is 0 Å². The van der Waals surface area contributed by atoms with Crippen LogP contribution in [0.3, 0.4) is 0 Å². The number of aromatic nitrogens is 3. The molecule has 0 atom stereocenters. The van der Waals surface area contributed by atoms with Gasteiger partial charge in [-0.3, -0.25) is 9.38 Å². The average Bonchev–Trinajstić information content (AvgIpc) is 2.99. The second kappa shape index (κ2) is 4.67. The number of imidazole rings is 1. The summed E-state index contributed by atoms with van der Waals surface area (Å²) in [7, 11) is 0. The molecule has 3 aromatic rings. The number of aryl methyl sites for hydroxylation is 1. The second-order valence-corrected chi connectivity index (χ2v) is 4.90. The molecule has 0 fully saturated rings. The summed E-state index contributed by atoms with van der Waals surface area (Å²) in [4.78, 5) is 9.60. The molecule has 92 valence electrons. The van der Waals surface area contributed by atoms with Crippen LogP contribution in [-0.4, -0.2) is 14.4 Å². The highest BCUT2D eigenvalue weighted by Crippen LogP contribution is 2.21. The van der Waals surface area contributed by atoms with Crippen molar-refractivity contribution in [2.45, 2.75) is 6.92 Å². The molecule has 0 amide bonds. The van der Waals surface area contributed by atoms with Crippen molar-refractivity contribution < 1.29 is 0 Å². The number of pyridine rings is 1. The maximum atomic E-state index is 9.31. The molecule has 0 saturated heterocycles. The van der Waals surface area contributed by atoms with E-state index in [2.05, 4.69) is 16.0 Å². The summed E-state index contributed by atoms with van der Waals surface area (Å²) in [6, 6.07) is 7.74. The van der Waals surface area contributed by atoms with E-state index in [1.54, 1.807) is 17.5 Å². The molecule has 0 radical (unpaired) electrons. The van der Waals surface area contributed by atoms with Crippen LogP contribution in [0.2, 0.25) is 0 Å². The second-order valence-electron chi connectivity index (χ2n) is 4.02. The fourth-order valence-corrected chi connectivity index (χ4v) is 2.67. The summed E-state index contributed by atoms with van der Waals surface area (Å²) < 4.78 is 1.99. The number of rotatable bonds is 2. The predicted octanol–water partition coefficient (Wildman–Crippen LogP) is 3.16. The van der Waals surface area contributed by atoms with Crippen LogP contribution in [-0.2, 0) is 0 Å². The summed E-state index contributed by atoms with van der Waals surface area (Å²) >= 11 is 1.58. The molecular weight excluding hydrogens is 256 g/mol. The number of allylic oxidation sites excluding steroid dienone is 1. The van der Waals surface area contributed by atoms with Gasteiger partial charge in [0.05, 0.1) is 22.7 Å². The lowest BCUT2D eigenvalue weighted by atomic mass is 10.1. The topological polar surface area (TPSA) is 54.0 Å². The quantitative estimate of drug-likeness (QED) is 0.669. The van der Waals surface area contributed by atoms with E-state index >= 15 is 0 Å². The maximum Gasteiger partial charge on any atom is 0.194 e. The van der Waals surface area contributed by atoms with Crippen molar-refractivity contribution in [3.05, 3.63) is 53.1 Å². The number of fused-ring (bicyclic) bond motifs is 1. The van der Waals surface area contributed by atoms with Gasteiger partial charge in [-0.15, -0.1) is 11.3 Å². The molecule has 0 aliphatic carbocycles. The summed E-state index contributed by atoms with van der Waals surface area (Å²) in [6.45, 7) is 1.94. The minimum atomic E-state index is 0.539. The lowest BCUT2D eigenvalue weighted by molar-refractivity contribution is 1.19. The van der Waals surface area contributed by atoms with Gasteiger partial charge in [-0.05, 0) is 25.1 Å². The van der Waals surface area contributed by atoms with Gasteiger partial charge in [0.25, 0.3) is 0 Å². The van der Waals surface area contributed by atoms with Gasteiger partial charge in [0.2, 0.25) is 0 Å². The van der Waals surface area contributed by atoms with E-state index in [9.17, 15) is 5.26 Å². The Labute approximate surface area is 114 Å². The Balaban J connectivity index is 2.16. The third-order valence-electron chi connectivity index (χ3n) is 2.83. The van der Waals surface area contributed by atoms with Crippen molar-refractivity contribution in [3.63, 3.8) is 0 Å². The molecule has 4 nitrogen and oxygen atoms in total. The highest BCUT2D eigenvalue weighted by Gasteiger charge is 2.09. The normalized spacial score (nSPS) is 11.7. The first-order valence-corrected chi connectivity index (χ1v) is 6.63. The fraction of sp³-hybridized carbons (Fsp3) is 0.0714. The molecule has 0 N–H and O–H groups in total. The highest BCUT2D eigenvalue weighted by atomic mass is 32.1. The number of nitriles is 1. The Kier molecular flexibility index (Phi) is 2.86. The van der Waals surface area contributed by atoms with E-state index < -0.39 is 0 Å². The van der Waals surface area contributed by atoms with E-state index in [1.165, 1.54) is 0 Å². The molecule has 0 saturated carbocycles. The molecule has 19 heavy (non-hydrogen) atoms. The molecule has 3 aromatic heterocycles. The van der Waals surface area contributed by atoms with Crippen LogP contribution < -0.4 is 0 Å². The van der Waals surface area contributed by atoms with Crippen molar-refractivity contribution in [2.75, 3.05) is 0 Å². The third-order valence-corrected chi connectivity index (χ3v) is 3.58. The Bertz CT molecular complexity index is 790. The molecule has 3 heterocycles. The highest BCUT2D eigenvalue weighted by molar-refractivity contribution is 7.15. The molecule has 0 aromatic carbocycles. The molecule has 0 unspecified atom stereocenters. The largest absolute Gasteiger partial charge is 0.291 e. The monoisotopic (exact) mass is 266 g/mol. The van der Waals surface area contributed by atoms with Gasteiger partial charge < -0.3 is 0 Å². The maximum absolute atomic E-state index is 9.31. The summed E-state index contributed by atoms with van der Waals surface area (Å²) in [6.07, 6.45) is 5.48. The number of nitrogens with zero attached hydrogens (tertiary/aromatic N) is 4. The molecule has 0 bridgehead atoms. The average molecular weight is 266 g/mol. The third kappa shape index (κ3) is 2.02. The van der Waals surface area contributed by atoms with Crippen LogP contribution in [0.1, 0.15) is 17.1 Å². The lowest BCUT2D eigenvalue weighted by Crippen LogP contribution is -1.89. The van der Waals surface area contributed by atoms with E-state index in [-0.39, 0.29) is 0 Å². The zero-order valence-corrected chi connectivity index (χ0v) is 11.1. The van der Waals surface area contributed by atoms with Gasteiger partial charge in [-0.25, -0.2) is 4.98 Å². The Morgan fingerprint density at radius 2 is 2.37 bits per heavy atom. The zero-order chi connectivity index (χ0) is 13.2. The summed E-state index contributed by atoms with van der Waals surface area (Å²) in [5.74, 6) is 0. The van der Waals surface area contributed by atoms with Crippen LogP contribution in [0.15, 0.2) is 36.0 Å². The van der Waals surface area contributed by atoms with Gasteiger partial charge in [0, 0.05) is 17.8 Å². The Hall–Kier alpha value is -2.45. The minimum Gasteiger partial charge on any atom is -0.291 e. The Morgan fingerprint density at radius 1 is 1.47 bits per heavy atom. The zero-order valence-electron chi connectivity index (χ0n) is 10.2. The number of thiazole rings is 1. The minimum absolute atomic E-state index is 0.539. The van der Waals surface area contributed by atoms with Gasteiger partial charge in [0.1, 0.15) is 6.07 Å². The van der Waals surface area contributed by atoms with Crippen molar-refractivity contribution in [1.82, 2.24) is 14.4 Å². The van der Waals surface area contributed by atoms with E-state index in [1.807, 2.05) is 47.2 Å². The molecule has 3 rings (SSSR count). The molecule has 0 spiro atoms. The first-order chi connectivity index (χ1) is 9.29. The van der Waals surface area contributed by atoms with Gasteiger partial charge in [-0.2, -0.15) is 5.26 Å². The SMILES string of the molecule is Cc1nc2sccn2c1/C=C(/C#N)c1ccccn1. The van der Waals surface area contributed by atoms with Crippen molar-refractivity contribution in [3.8, 4) is 6.07 Å². The van der Waals surface area contributed by atoms with Crippen LogP contribution in [0.5, 0.6) is 0 Å². The Morgan fingerprint density at radius 3 is 3.11 bits per heavy atom. The summed E-state index contributed by atoms with van der Waals surface area (Å²) in [5.41, 5.74) is 3.06. The number of hydrogen-bond donors (Lipinski definition) is 0. The first kappa shape index (κ1) is 11.6. The van der Waals surface area contributed by atoms with Crippen LogP contribution in [0.25, 0.3) is 16.6 Å². The van der Waals surface area contributed by atoms with Crippen molar-refractivity contribution >= 4 is 27.9 Å². The first-order valence-electron chi connectivity index (χ1n) is 5.75. The molecule has 5 heteroatoms. The van der Waals surface area contributed by atoms with Gasteiger partial charge in [0.15, 0.2) is 4.96 Å². The van der Waals surface area contributed by atoms with Crippen LogP contribution in [0.4, 0.5) is 0 Å². The van der Waals surface area contributed by atoms with E-state index in [4.69, 9.17) is 0 Å². The smallest absolute Gasteiger partial charge is 0.194 e. The summed E-state index contributed by atoms with van der Waals surface area (Å²) in [5, 5.41) is 11.3. The van der Waals surface area contributed by atoms with Crippen LogP contribution >= 0.6 is 11.3 Å². The predicted molar refractivity (Wildman–Crippen MR) is 75.5 cm³/mol.